The minimum absolute atomic E-state index is 0. The van der Waals surface area contributed by atoms with E-state index in [1.807, 2.05) is 12.1 Å². The maximum absolute atomic E-state index is 5.16. The van der Waals surface area contributed by atoms with Crippen molar-refractivity contribution in [2.75, 3.05) is 14.2 Å². The lowest BCUT2D eigenvalue weighted by atomic mass is 10.2. The van der Waals surface area contributed by atoms with Crippen molar-refractivity contribution in [2.45, 2.75) is 0 Å². The summed E-state index contributed by atoms with van der Waals surface area (Å²) >= 11 is 0. The summed E-state index contributed by atoms with van der Waals surface area (Å²) in [4.78, 5) is 8.05. The molecule has 6 heteroatoms. The van der Waals surface area contributed by atoms with Crippen molar-refractivity contribution in [3.63, 3.8) is 0 Å². The number of halogens is 2. The fourth-order valence-electron chi connectivity index (χ4n) is 1.31. The Hall–Kier alpha value is -1.26. The highest BCUT2D eigenvalue weighted by Gasteiger charge is 2.05. The van der Waals surface area contributed by atoms with Gasteiger partial charge in [-0.15, -0.1) is 24.8 Å². The highest BCUT2D eigenvalue weighted by atomic mass is 35.5. The topological polar surface area (TPSA) is 44.2 Å². The van der Waals surface area contributed by atoms with Crippen LogP contribution in [0.3, 0.4) is 0 Å². The van der Waals surface area contributed by atoms with Crippen LogP contribution in [0.15, 0.2) is 24.7 Å². The third kappa shape index (κ3) is 2.65. The molecule has 0 amide bonds. The molecule has 1 aromatic heterocycles. The quantitative estimate of drug-likeness (QED) is 0.835. The van der Waals surface area contributed by atoms with E-state index < -0.39 is 0 Å². The van der Waals surface area contributed by atoms with Gasteiger partial charge >= 0.3 is 0 Å². The zero-order valence-electron chi connectivity index (χ0n) is 8.84. The van der Waals surface area contributed by atoms with Crippen molar-refractivity contribution in [1.82, 2.24) is 9.97 Å². The summed E-state index contributed by atoms with van der Waals surface area (Å²) in [6, 6.07) is 3.68. The Labute approximate surface area is 106 Å². The monoisotopic (exact) mass is 262 g/mol. The van der Waals surface area contributed by atoms with E-state index in [4.69, 9.17) is 9.47 Å². The summed E-state index contributed by atoms with van der Waals surface area (Å²) in [5.74, 6) is 1.37. The smallest absolute Gasteiger partial charge is 0.162 e. The number of hydrogen-bond acceptors (Lipinski definition) is 4. The number of ether oxygens (including phenoxy) is 2. The van der Waals surface area contributed by atoms with Crippen LogP contribution in [0.2, 0.25) is 0 Å². The van der Waals surface area contributed by atoms with Gasteiger partial charge in [0.1, 0.15) is 6.33 Å². The molecule has 0 atom stereocenters. The first-order valence-electron chi connectivity index (χ1n) is 4.17. The average molecular weight is 263 g/mol. The van der Waals surface area contributed by atoms with E-state index >= 15 is 0 Å². The van der Waals surface area contributed by atoms with Gasteiger partial charge in [-0.1, -0.05) is 0 Å². The maximum Gasteiger partial charge on any atom is 0.162 e. The second-order valence-electron chi connectivity index (χ2n) is 2.79. The van der Waals surface area contributed by atoms with Gasteiger partial charge in [0, 0.05) is 17.6 Å². The van der Waals surface area contributed by atoms with Crippen LogP contribution < -0.4 is 9.47 Å². The largest absolute Gasteiger partial charge is 0.493 e. The van der Waals surface area contributed by atoms with E-state index in [-0.39, 0.29) is 24.8 Å². The van der Waals surface area contributed by atoms with Gasteiger partial charge in [-0.05, 0) is 6.07 Å². The molecule has 0 saturated heterocycles. The van der Waals surface area contributed by atoms with Gasteiger partial charge < -0.3 is 9.47 Å². The second kappa shape index (κ2) is 6.35. The van der Waals surface area contributed by atoms with E-state index in [2.05, 4.69) is 9.97 Å². The van der Waals surface area contributed by atoms with Crippen LogP contribution in [0.5, 0.6) is 11.5 Å². The molecule has 1 heterocycles. The molecule has 0 bridgehead atoms. The Morgan fingerprint density at radius 1 is 1.00 bits per heavy atom. The molecular formula is C10H12Cl2N2O2. The number of rotatable bonds is 2. The molecule has 0 aliphatic heterocycles. The Balaban J connectivity index is 0.00000112. The van der Waals surface area contributed by atoms with Crippen LogP contribution >= 0.6 is 24.8 Å². The number of methoxy groups -OCH3 is 2. The number of nitrogens with zero attached hydrogens (tertiary/aromatic N) is 2. The van der Waals surface area contributed by atoms with Crippen LogP contribution in [0.4, 0.5) is 0 Å². The van der Waals surface area contributed by atoms with Crippen molar-refractivity contribution < 1.29 is 9.47 Å². The van der Waals surface area contributed by atoms with Gasteiger partial charge in [0.25, 0.3) is 0 Å². The lowest BCUT2D eigenvalue weighted by Gasteiger charge is -2.07. The second-order valence-corrected chi connectivity index (χ2v) is 2.79. The lowest BCUT2D eigenvalue weighted by Crippen LogP contribution is -1.91. The molecule has 1 aromatic carbocycles. The van der Waals surface area contributed by atoms with Crippen LogP contribution in [0.25, 0.3) is 10.9 Å². The van der Waals surface area contributed by atoms with Gasteiger partial charge in [-0.2, -0.15) is 0 Å². The summed E-state index contributed by atoms with van der Waals surface area (Å²) in [6.07, 6.45) is 3.25. The normalized spacial score (nSPS) is 8.88. The van der Waals surface area contributed by atoms with E-state index in [9.17, 15) is 0 Å². The third-order valence-corrected chi connectivity index (χ3v) is 2.01. The fraction of sp³-hybridized carbons (Fsp3) is 0.200. The summed E-state index contributed by atoms with van der Waals surface area (Å²) in [5.41, 5.74) is 0.845. The first kappa shape index (κ1) is 14.7. The van der Waals surface area contributed by atoms with Crippen molar-refractivity contribution in [1.29, 1.82) is 0 Å². The fourth-order valence-corrected chi connectivity index (χ4v) is 1.31. The third-order valence-electron chi connectivity index (χ3n) is 2.01. The highest BCUT2D eigenvalue weighted by molar-refractivity contribution is 5.85. The Morgan fingerprint density at radius 3 is 2.25 bits per heavy atom. The average Bonchev–Trinajstić information content (AvgIpc) is 2.27. The minimum Gasteiger partial charge on any atom is -0.493 e. The van der Waals surface area contributed by atoms with Gasteiger partial charge in [0.15, 0.2) is 11.5 Å². The molecule has 0 fully saturated rings. The molecule has 0 saturated carbocycles. The van der Waals surface area contributed by atoms with E-state index in [1.54, 1.807) is 20.4 Å². The van der Waals surface area contributed by atoms with Crippen molar-refractivity contribution in [2.24, 2.45) is 0 Å². The molecule has 0 N–H and O–H groups in total. The summed E-state index contributed by atoms with van der Waals surface area (Å²) in [6.45, 7) is 0. The zero-order chi connectivity index (χ0) is 9.97. The molecule has 16 heavy (non-hydrogen) atoms. The maximum atomic E-state index is 5.16. The van der Waals surface area contributed by atoms with Crippen LogP contribution in [-0.2, 0) is 0 Å². The highest BCUT2D eigenvalue weighted by Crippen LogP contribution is 2.30. The SMILES string of the molecule is COc1cc2cncnc2cc1OC.Cl.Cl. The van der Waals surface area contributed by atoms with Crippen LogP contribution in [-0.4, -0.2) is 24.2 Å². The minimum atomic E-state index is 0. The Morgan fingerprint density at radius 2 is 1.62 bits per heavy atom. The molecule has 0 aliphatic carbocycles. The van der Waals surface area contributed by atoms with Crippen molar-refractivity contribution in [3.05, 3.63) is 24.7 Å². The van der Waals surface area contributed by atoms with Gasteiger partial charge in [0.2, 0.25) is 0 Å². The molecule has 4 nitrogen and oxygen atoms in total. The molecular weight excluding hydrogens is 251 g/mol. The van der Waals surface area contributed by atoms with E-state index in [0.717, 1.165) is 10.9 Å². The molecule has 2 rings (SSSR count). The first-order valence-corrected chi connectivity index (χ1v) is 4.17. The molecule has 0 aliphatic rings. The lowest BCUT2D eigenvalue weighted by molar-refractivity contribution is 0.356. The summed E-state index contributed by atoms with van der Waals surface area (Å²) in [7, 11) is 3.21. The predicted octanol–water partition coefficient (Wildman–Crippen LogP) is 2.49. The molecule has 0 spiro atoms. The van der Waals surface area contributed by atoms with E-state index in [0.29, 0.717) is 11.5 Å². The summed E-state index contributed by atoms with van der Waals surface area (Å²) < 4.78 is 10.3. The molecule has 0 unspecified atom stereocenters. The Bertz CT molecular complexity index is 423. The standard InChI is InChI=1S/C10H10N2O2.2ClH/c1-13-9-3-7-5-11-6-12-8(7)4-10(9)14-2;;/h3-6H,1-2H3;2*1H. The van der Waals surface area contributed by atoms with Crippen LogP contribution in [0.1, 0.15) is 0 Å². The molecule has 88 valence electrons. The van der Waals surface area contributed by atoms with Gasteiger partial charge in [-0.25, -0.2) is 9.97 Å². The van der Waals surface area contributed by atoms with Gasteiger partial charge in [0.05, 0.1) is 19.7 Å². The molecule has 0 radical (unpaired) electrons. The molecule has 2 aromatic rings. The van der Waals surface area contributed by atoms with Crippen molar-refractivity contribution >= 4 is 35.7 Å². The summed E-state index contributed by atoms with van der Waals surface area (Å²) in [5, 5.41) is 0.935. The number of aromatic nitrogens is 2. The number of benzene rings is 1. The van der Waals surface area contributed by atoms with Crippen molar-refractivity contribution in [3.8, 4) is 11.5 Å². The van der Waals surface area contributed by atoms with Gasteiger partial charge in [-0.3, -0.25) is 0 Å². The Kier molecular flexibility index (Phi) is 5.85. The first-order chi connectivity index (χ1) is 6.85. The number of hydrogen-bond donors (Lipinski definition) is 0. The van der Waals surface area contributed by atoms with E-state index in [1.165, 1.54) is 6.33 Å². The predicted molar refractivity (Wildman–Crippen MR) is 67.1 cm³/mol. The van der Waals surface area contributed by atoms with Crippen LogP contribution in [0, 0.1) is 0 Å². The zero-order valence-corrected chi connectivity index (χ0v) is 10.5. The number of fused-ring (bicyclic) bond motifs is 1.